The number of piperazine rings is 1. The maximum atomic E-state index is 12.5. The molecule has 11 heteroatoms. The van der Waals surface area contributed by atoms with E-state index in [0.29, 0.717) is 43.6 Å². The molecule has 190 valence electrons. The van der Waals surface area contributed by atoms with E-state index in [1.807, 2.05) is 18.2 Å². The van der Waals surface area contributed by atoms with Crippen molar-refractivity contribution in [3.63, 3.8) is 0 Å². The average molecular weight is 488 g/mol. The van der Waals surface area contributed by atoms with Gasteiger partial charge in [0.2, 0.25) is 12.7 Å². The third kappa shape index (κ3) is 6.50. The Hall–Kier alpha value is -2.70. The molecule has 0 saturated carbocycles. The third-order valence-corrected chi connectivity index (χ3v) is 6.54. The van der Waals surface area contributed by atoms with Crippen molar-refractivity contribution in [2.75, 3.05) is 72.4 Å². The summed E-state index contributed by atoms with van der Waals surface area (Å²) in [5.74, 6) is 1.65. The van der Waals surface area contributed by atoms with Crippen LogP contribution in [-0.2, 0) is 17.8 Å². The number of amides is 1. The van der Waals surface area contributed by atoms with Crippen LogP contribution in [-0.4, -0.2) is 109 Å². The van der Waals surface area contributed by atoms with Gasteiger partial charge in [-0.3, -0.25) is 19.5 Å². The number of nitrogens with one attached hydrogen (secondary N) is 1. The number of nitrogens with zero attached hydrogens (tertiary/aromatic N) is 4. The summed E-state index contributed by atoms with van der Waals surface area (Å²) in [4.78, 5) is 23.7. The van der Waals surface area contributed by atoms with Crippen molar-refractivity contribution in [1.82, 2.24) is 25.0 Å². The average Bonchev–Trinajstić information content (AvgIpc) is 3.54. The van der Waals surface area contributed by atoms with Gasteiger partial charge in [0.25, 0.3) is 5.91 Å². The van der Waals surface area contributed by atoms with Gasteiger partial charge < -0.3 is 29.1 Å². The van der Waals surface area contributed by atoms with Crippen molar-refractivity contribution in [3.05, 3.63) is 41.6 Å². The molecule has 1 aromatic carbocycles. The van der Waals surface area contributed by atoms with Crippen LogP contribution in [0.2, 0.25) is 0 Å². The van der Waals surface area contributed by atoms with Gasteiger partial charge in [0.1, 0.15) is 6.26 Å². The molecule has 35 heavy (non-hydrogen) atoms. The van der Waals surface area contributed by atoms with Crippen molar-refractivity contribution in [2.24, 2.45) is 0 Å². The molecule has 1 atom stereocenters. The normalized spacial score (nSPS) is 20.1. The highest BCUT2D eigenvalue weighted by atomic mass is 16.7. The van der Waals surface area contributed by atoms with Crippen LogP contribution >= 0.6 is 0 Å². The maximum Gasteiger partial charge on any atom is 0.273 e. The number of hydrogen-bond acceptors (Lipinski definition) is 10. The van der Waals surface area contributed by atoms with Crippen LogP contribution in [0.1, 0.15) is 21.9 Å². The number of oxazole rings is 1. The number of ether oxygens (including phenoxy) is 3. The molecule has 4 heterocycles. The van der Waals surface area contributed by atoms with Gasteiger partial charge in [-0.2, -0.15) is 0 Å². The van der Waals surface area contributed by atoms with E-state index in [1.165, 1.54) is 6.26 Å². The summed E-state index contributed by atoms with van der Waals surface area (Å²) in [6.07, 6.45) is 1.05. The lowest BCUT2D eigenvalue weighted by Crippen LogP contribution is -2.50. The van der Waals surface area contributed by atoms with Crippen LogP contribution in [0, 0.1) is 0 Å². The standard InChI is InChI=1S/C24H33N5O6/c30-19(14-29-7-9-32-10-8-29)13-27-3-5-28(6-4-27)15-23-26-20(16-33-23)24(31)25-12-18-1-2-21-22(11-18)35-17-34-21/h1-2,11,16,19,30H,3-10,12-15,17H2,(H,25,31)/t19-/m1/s1. The fourth-order valence-electron chi connectivity index (χ4n) is 4.57. The first kappa shape index (κ1) is 24.0. The van der Waals surface area contributed by atoms with Gasteiger partial charge in [-0.25, -0.2) is 4.98 Å². The molecule has 1 aromatic heterocycles. The zero-order valence-electron chi connectivity index (χ0n) is 19.9. The van der Waals surface area contributed by atoms with Crippen molar-refractivity contribution < 1.29 is 28.5 Å². The SMILES string of the molecule is O=C(NCc1ccc2c(c1)OCO2)c1coc(CN2CCN(C[C@@H](O)CN3CCOCC3)CC2)n1. The number of rotatable bonds is 9. The number of aliphatic hydroxyl groups is 1. The molecule has 1 amide bonds. The minimum absolute atomic E-state index is 0.221. The van der Waals surface area contributed by atoms with E-state index in [9.17, 15) is 9.90 Å². The topological polar surface area (TPSA) is 113 Å². The van der Waals surface area contributed by atoms with E-state index in [1.54, 1.807) is 0 Å². The minimum Gasteiger partial charge on any atom is -0.454 e. The largest absolute Gasteiger partial charge is 0.454 e. The molecule has 3 aliphatic rings. The lowest BCUT2D eigenvalue weighted by atomic mass is 10.2. The number of morpholine rings is 1. The molecular formula is C24H33N5O6. The zero-order chi connectivity index (χ0) is 24.0. The maximum absolute atomic E-state index is 12.5. The highest BCUT2D eigenvalue weighted by molar-refractivity contribution is 5.91. The molecule has 2 N–H and O–H groups in total. The molecule has 2 aromatic rings. The summed E-state index contributed by atoms with van der Waals surface area (Å²) in [6.45, 7) is 9.25. The Kier molecular flexibility index (Phi) is 7.79. The fraction of sp³-hybridized carbons (Fsp3) is 0.583. The Morgan fingerprint density at radius 1 is 1.00 bits per heavy atom. The number of carbonyl (C=O) groups is 1. The van der Waals surface area contributed by atoms with E-state index in [0.717, 1.165) is 58.0 Å². The number of carbonyl (C=O) groups excluding carboxylic acids is 1. The van der Waals surface area contributed by atoms with E-state index >= 15 is 0 Å². The summed E-state index contributed by atoms with van der Waals surface area (Å²) in [5.41, 5.74) is 1.19. The second-order valence-corrected chi connectivity index (χ2v) is 9.14. The minimum atomic E-state index is -0.356. The van der Waals surface area contributed by atoms with Crippen LogP contribution < -0.4 is 14.8 Å². The van der Waals surface area contributed by atoms with Crippen LogP contribution in [0.5, 0.6) is 11.5 Å². The van der Waals surface area contributed by atoms with E-state index < -0.39 is 0 Å². The van der Waals surface area contributed by atoms with Gasteiger partial charge >= 0.3 is 0 Å². The molecule has 0 spiro atoms. The Morgan fingerprint density at radius 3 is 2.51 bits per heavy atom. The van der Waals surface area contributed by atoms with E-state index in [2.05, 4.69) is 25.0 Å². The van der Waals surface area contributed by atoms with Crippen molar-refractivity contribution in [3.8, 4) is 11.5 Å². The number of benzene rings is 1. The first-order chi connectivity index (χ1) is 17.1. The predicted octanol–water partition coefficient (Wildman–Crippen LogP) is 0.144. The molecule has 0 unspecified atom stereocenters. The molecule has 0 radical (unpaired) electrons. The van der Waals surface area contributed by atoms with Crippen LogP contribution in [0.25, 0.3) is 0 Å². The monoisotopic (exact) mass is 487 g/mol. The molecule has 0 aliphatic carbocycles. The Bertz CT molecular complexity index is 987. The first-order valence-corrected chi connectivity index (χ1v) is 12.2. The number of fused-ring (bicyclic) bond motifs is 1. The summed E-state index contributed by atoms with van der Waals surface area (Å²) in [7, 11) is 0. The number of hydrogen-bond donors (Lipinski definition) is 2. The molecule has 2 saturated heterocycles. The van der Waals surface area contributed by atoms with Gasteiger partial charge in [-0.15, -0.1) is 0 Å². The summed E-state index contributed by atoms with van der Waals surface area (Å²) < 4.78 is 21.6. The second-order valence-electron chi connectivity index (χ2n) is 9.14. The second kappa shape index (κ2) is 11.4. The molecule has 2 fully saturated rings. The van der Waals surface area contributed by atoms with E-state index in [4.69, 9.17) is 18.6 Å². The highest BCUT2D eigenvalue weighted by Gasteiger charge is 2.23. The highest BCUT2D eigenvalue weighted by Crippen LogP contribution is 2.32. The Balaban J connectivity index is 1.02. The fourth-order valence-corrected chi connectivity index (χ4v) is 4.57. The lowest BCUT2D eigenvalue weighted by Gasteiger charge is -2.36. The quantitative estimate of drug-likeness (QED) is 0.507. The lowest BCUT2D eigenvalue weighted by molar-refractivity contribution is 0.00187. The van der Waals surface area contributed by atoms with Gasteiger partial charge in [0.05, 0.1) is 25.9 Å². The van der Waals surface area contributed by atoms with Crippen molar-refractivity contribution in [1.29, 1.82) is 0 Å². The molecule has 11 nitrogen and oxygen atoms in total. The van der Waals surface area contributed by atoms with Gasteiger partial charge in [-0.05, 0) is 17.7 Å². The number of aromatic nitrogens is 1. The number of aliphatic hydroxyl groups excluding tert-OH is 1. The summed E-state index contributed by atoms with van der Waals surface area (Å²) >= 11 is 0. The predicted molar refractivity (Wildman–Crippen MR) is 125 cm³/mol. The summed E-state index contributed by atoms with van der Waals surface area (Å²) in [6, 6.07) is 5.59. The van der Waals surface area contributed by atoms with Crippen molar-refractivity contribution >= 4 is 5.91 Å². The zero-order valence-corrected chi connectivity index (χ0v) is 19.9. The Labute approximate surface area is 204 Å². The molecule has 3 aliphatic heterocycles. The van der Waals surface area contributed by atoms with Gasteiger partial charge in [-0.1, -0.05) is 6.07 Å². The molecule has 0 bridgehead atoms. The van der Waals surface area contributed by atoms with Gasteiger partial charge in [0.15, 0.2) is 17.2 Å². The van der Waals surface area contributed by atoms with Gasteiger partial charge in [0, 0.05) is 58.9 Å². The van der Waals surface area contributed by atoms with Crippen LogP contribution in [0.3, 0.4) is 0 Å². The third-order valence-electron chi connectivity index (χ3n) is 6.54. The van der Waals surface area contributed by atoms with Crippen LogP contribution in [0.4, 0.5) is 0 Å². The molecule has 5 rings (SSSR count). The first-order valence-electron chi connectivity index (χ1n) is 12.2. The van der Waals surface area contributed by atoms with Crippen molar-refractivity contribution in [2.45, 2.75) is 19.2 Å². The van der Waals surface area contributed by atoms with Crippen LogP contribution in [0.15, 0.2) is 28.9 Å². The van der Waals surface area contributed by atoms with E-state index in [-0.39, 0.29) is 24.5 Å². The molecular weight excluding hydrogens is 454 g/mol. The summed E-state index contributed by atoms with van der Waals surface area (Å²) in [5, 5.41) is 13.3. The Morgan fingerprint density at radius 2 is 1.71 bits per heavy atom. The smallest absolute Gasteiger partial charge is 0.273 e. The number of β-amino-alcohol motifs (C(OH)–C–C–N with tert-alkyl or cyclic N) is 1.